The molecule has 1 aromatic carbocycles. The number of hydrogen-bond acceptors (Lipinski definition) is 7. The molecule has 0 bridgehead atoms. The number of benzene rings is 1. The number of hydrogen-bond donors (Lipinski definition) is 0. The van der Waals surface area contributed by atoms with Crippen LogP contribution in [0, 0.1) is 19.8 Å². The standard InChI is InChI=1S/C24H26ClN5O3S3/c1-16-13-17(2)22-19(14-16)34-24(27-22)30(12-11-28-9-4-8-26-28)23(31)18-5-3-10-29(15-18)36(32,33)21-7-6-20(25)35-21/h4,6-9,13-14,18H,3,5,10-12,15H2,1-2H3. The van der Waals surface area contributed by atoms with Crippen LogP contribution in [-0.4, -0.2) is 53.0 Å². The fourth-order valence-electron chi connectivity index (χ4n) is 4.56. The number of thiazole rings is 1. The Labute approximate surface area is 223 Å². The number of carbonyl (C=O) groups excluding carboxylic acids is 1. The van der Waals surface area contributed by atoms with E-state index in [1.807, 2.05) is 26.1 Å². The molecule has 5 rings (SSSR count). The third-order valence-electron chi connectivity index (χ3n) is 6.30. The van der Waals surface area contributed by atoms with Crippen LogP contribution in [0.5, 0.6) is 0 Å². The van der Waals surface area contributed by atoms with Gasteiger partial charge in [-0.15, -0.1) is 11.3 Å². The van der Waals surface area contributed by atoms with Crippen molar-refractivity contribution in [2.45, 2.75) is 37.4 Å². The summed E-state index contributed by atoms with van der Waals surface area (Å²) in [7, 11) is -3.71. The van der Waals surface area contributed by atoms with Crippen molar-refractivity contribution in [1.82, 2.24) is 19.1 Å². The minimum absolute atomic E-state index is 0.111. The molecular weight excluding hydrogens is 538 g/mol. The van der Waals surface area contributed by atoms with E-state index in [4.69, 9.17) is 16.6 Å². The lowest BCUT2D eigenvalue weighted by molar-refractivity contribution is -0.123. The molecule has 3 aromatic heterocycles. The zero-order chi connectivity index (χ0) is 25.4. The van der Waals surface area contributed by atoms with Crippen LogP contribution in [0.2, 0.25) is 4.34 Å². The molecule has 0 saturated carbocycles. The minimum atomic E-state index is -3.71. The van der Waals surface area contributed by atoms with E-state index in [9.17, 15) is 13.2 Å². The predicted molar refractivity (Wildman–Crippen MR) is 144 cm³/mol. The van der Waals surface area contributed by atoms with Crippen molar-refractivity contribution in [3.8, 4) is 0 Å². The molecule has 1 atom stereocenters. The maximum atomic E-state index is 13.9. The van der Waals surface area contributed by atoms with Crippen molar-refractivity contribution >= 4 is 65.6 Å². The lowest BCUT2D eigenvalue weighted by Gasteiger charge is -2.33. The van der Waals surface area contributed by atoms with Gasteiger partial charge in [0.15, 0.2) is 5.13 Å². The van der Waals surface area contributed by atoms with Gasteiger partial charge in [0.05, 0.1) is 27.0 Å². The van der Waals surface area contributed by atoms with E-state index in [2.05, 4.69) is 17.2 Å². The van der Waals surface area contributed by atoms with Crippen LogP contribution >= 0.6 is 34.3 Å². The molecule has 4 heterocycles. The number of rotatable bonds is 7. The second kappa shape index (κ2) is 10.2. The average Bonchev–Trinajstić information content (AvgIpc) is 3.61. The van der Waals surface area contributed by atoms with Crippen molar-refractivity contribution in [2.75, 3.05) is 24.5 Å². The highest BCUT2D eigenvalue weighted by atomic mass is 35.5. The largest absolute Gasteiger partial charge is 0.286 e. The van der Waals surface area contributed by atoms with Crippen LogP contribution in [0.3, 0.4) is 0 Å². The Morgan fingerprint density at radius 3 is 2.81 bits per heavy atom. The van der Waals surface area contributed by atoms with E-state index >= 15 is 0 Å². The molecule has 0 aliphatic carbocycles. The summed E-state index contributed by atoms with van der Waals surface area (Å²) in [4.78, 5) is 20.5. The molecule has 36 heavy (non-hydrogen) atoms. The number of piperidine rings is 1. The molecule has 8 nitrogen and oxygen atoms in total. The SMILES string of the molecule is Cc1cc(C)c2nc(N(CCn3cccn3)C(=O)C3CCCN(S(=O)(=O)c4ccc(Cl)s4)C3)sc2c1. The quantitative estimate of drug-likeness (QED) is 0.317. The molecule has 1 saturated heterocycles. The summed E-state index contributed by atoms with van der Waals surface area (Å²) in [5.41, 5.74) is 3.10. The molecule has 1 unspecified atom stereocenters. The first-order valence-corrected chi connectivity index (χ1v) is 15.1. The van der Waals surface area contributed by atoms with Crippen LogP contribution in [0.1, 0.15) is 24.0 Å². The monoisotopic (exact) mass is 563 g/mol. The number of carbonyl (C=O) groups is 1. The van der Waals surface area contributed by atoms with Gasteiger partial charge in [-0.2, -0.15) is 9.40 Å². The molecule has 1 aliphatic rings. The fourth-order valence-corrected chi connectivity index (χ4v) is 8.89. The number of amides is 1. The first kappa shape index (κ1) is 25.3. The summed E-state index contributed by atoms with van der Waals surface area (Å²) in [6, 6.07) is 9.12. The minimum Gasteiger partial charge on any atom is -0.286 e. The van der Waals surface area contributed by atoms with Gasteiger partial charge in [0.1, 0.15) is 4.21 Å². The van der Waals surface area contributed by atoms with Gasteiger partial charge in [0.2, 0.25) is 5.91 Å². The van der Waals surface area contributed by atoms with Gasteiger partial charge in [-0.3, -0.25) is 14.4 Å². The van der Waals surface area contributed by atoms with Crippen LogP contribution in [0.15, 0.2) is 46.9 Å². The Kier molecular flexibility index (Phi) is 7.19. The van der Waals surface area contributed by atoms with E-state index in [0.29, 0.717) is 41.9 Å². The topological polar surface area (TPSA) is 88.4 Å². The fraction of sp³-hybridized carbons (Fsp3) is 0.375. The molecule has 0 N–H and O–H groups in total. The molecule has 1 fully saturated rings. The highest BCUT2D eigenvalue weighted by Gasteiger charge is 2.36. The number of fused-ring (bicyclic) bond motifs is 1. The number of aryl methyl sites for hydroxylation is 2. The van der Waals surface area contributed by atoms with Crippen LogP contribution in [0.4, 0.5) is 5.13 Å². The van der Waals surface area contributed by atoms with E-state index < -0.39 is 15.9 Å². The smallest absolute Gasteiger partial charge is 0.252 e. The van der Waals surface area contributed by atoms with Crippen LogP contribution in [0.25, 0.3) is 10.2 Å². The Hall–Kier alpha value is -2.31. The van der Waals surface area contributed by atoms with E-state index in [-0.39, 0.29) is 16.7 Å². The van der Waals surface area contributed by atoms with Crippen molar-refractivity contribution in [1.29, 1.82) is 0 Å². The molecule has 4 aromatic rings. The van der Waals surface area contributed by atoms with Crippen LogP contribution in [-0.2, 0) is 21.4 Å². The lowest BCUT2D eigenvalue weighted by atomic mass is 9.98. The Balaban J connectivity index is 1.43. The second-order valence-electron chi connectivity index (χ2n) is 8.94. The summed E-state index contributed by atoms with van der Waals surface area (Å²) < 4.78 is 31.3. The third-order valence-corrected chi connectivity index (χ3v) is 10.9. The van der Waals surface area contributed by atoms with Crippen molar-refractivity contribution < 1.29 is 13.2 Å². The number of aromatic nitrogens is 3. The van der Waals surface area contributed by atoms with Gasteiger partial charge in [0.25, 0.3) is 10.0 Å². The van der Waals surface area contributed by atoms with Gasteiger partial charge in [-0.05, 0) is 62.1 Å². The summed E-state index contributed by atoms with van der Waals surface area (Å²) in [6.45, 7) is 5.49. The van der Waals surface area contributed by atoms with Crippen LogP contribution < -0.4 is 4.90 Å². The highest BCUT2D eigenvalue weighted by molar-refractivity contribution is 7.91. The lowest BCUT2D eigenvalue weighted by Crippen LogP contribution is -2.47. The molecule has 1 aliphatic heterocycles. The Morgan fingerprint density at radius 2 is 2.08 bits per heavy atom. The number of thiophene rings is 1. The Morgan fingerprint density at radius 1 is 1.25 bits per heavy atom. The number of nitrogens with zero attached hydrogens (tertiary/aromatic N) is 5. The van der Waals surface area contributed by atoms with E-state index in [0.717, 1.165) is 32.7 Å². The third kappa shape index (κ3) is 5.08. The summed E-state index contributed by atoms with van der Waals surface area (Å²) in [5.74, 6) is -0.573. The zero-order valence-electron chi connectivity index (χ0n) is 19.9. The number of halogens is 1. The first-order valence-electron chi connectivity index (χ1n) is 11.6. The normalized spacial score (nSPS) is 17.0. The zero-order valence-corrected chi connectivity index (χ0v) is 23.1. The predicted octanol–water partition coefficient (Wildman–Crippen LogP) is 4.96. The van der Waals surface area contributed by atoms with Gasteiger partial charge < -0.3 is 0 Å². The van der Waals surface area contributed by atoms with Gasteiger partial charge in [-0.1, -0.05) is 29.0 Å². The average molecular weight is 564 g/mol. The van der Waals surface area contributed by atoms with Gasteiger partial charge >= 0.3 is 0 Å². The van der Waals surface area contributed by atoms with Gasteiger partial charge in [0, 0.05) is 32.0 Å². The van der Waals surface area contributed by atoms with E-state index in [1.165, 1.54) is 21.7 Å². The second-order valence-corrected chi connectivity index (χ2v) is 13.8. The summed E-state index contributed by atoms with van der Waals surface area (Å²) in [6.07, 6.45) is 4.80. The first-order chi connectivity index (χ1) is 17.2. The highest BCUT2D eigenvalue weighted by Crippen LogP contribution is 2.35. The molecule has 12 heteroatoms. The van der Waals surface area contributed by atoms with Gasteiger partial charge in [-0.25, -0.2) is 13.4 Å². The van der Waals surface area contributed by atoms with Crippen molar-refractivity contribution in [3.05, 3.63) is 58.2 Å². The molecule has 0 spiro atoms. The maximum Gasteiger partial charge on any atom is 0.252 e. The summed E-state index contributed by atoms with van der Waals surface area (Å²) in [5, 5.41) is 4.89. The Bertz CT molecular complexity index is 1500. The summed E-state index contributed by atoms with van der Waals surface area (Å²) >= 11 is 8.51. The van der Waals surface area contributed by atoms with Crippen molar-refractivity contribution in [3.63, 3.8) is 0 Å². The number of sulfonamides is 1. The molecular formula is C24H26ClN5O3S3. The number of anilines is 1. The molecule has 1 amide bonds. The van der Waals surface area contributed by atoms with E-state index in [1.54, 1.807) is 21.8 Å². The van der Waals surface area contributed by atoms with Crippen molar-refractivity contribution in [2.24, 2.45) is 5.92 Å². The molecule has 190 valence electrons. The molecule has 0 radical (unpaired) electrons. The maximum absolute atomic E-state index is 13.9.